The Morgan fingerprint density at radius 2 is 2.20 bits per heavy atom. The predicted octanol–water partition coefficient (Wildman–Crippen LogP) is 1.14. The van der Waals surface area contributed by atoms with Crippen LogP contribution in [0.25, 0.3) is 0 Å². The molecule has 1 saturated carbocycles. The van der Waals surface area contributed by atoms with E-state index in [-0.39, 0.29) is 11.5 Å². The van der Waals surface area contributed by atoms with Crippen LogP contribution in [-0.4, -0.2) is 27.5 Å². The lowest BCUT2D eigenvalue weighted by Gasteiger charge is -2.39. The SMILES string of the molecule is CC1CCCCC1(NC(=O)c1ccc[nH]c1=O)C(=O)O. The molecule has 6 nitrogen and oxygen atoms in total. The number of aromatic nitrogens is 1. The van der Waals surface area contributed by atoms with Gasteiger partial charge in [0.2, 0.25) is 0 Å². The number of nitrogens with one attached hydrogen (secondary N) is 2. The molecule has 1 heterocycles. The van der Waals surface area contributed by atoms with Crippen LogP contribution in [0.3, 0.4) is 0 Å². The second-order valence-corrected chi connectivity index (χ2v) is 5.29. The Hall–Kier alpha value is -2.11. The van der Waals surface area contributed by atoms with Crippen LogP contribution >= 0.6 is 0 Å². The Labute approximate surface area is 116 Å². The van der Waals surface area contributed by atoms with E-state index in [0.29, 0.717) is 6.42 Å². The van der Waals surface area contributed by atoms with E-state index in [1.54, 1.807) is 0 Å². The van der Waals surface area contributed by atoms with Crippen molar-refractivity contribution < 1.29 is 14.7 Å². The molecule has 1 aliphatic carbocycles. The van der Waals surface area contributed by atoms with Crippen molar-refractivity contribution in [3.8, 4) is 0 Å². The molecule has 1 fully saturated rings. The minimum Gasteiger partial charge on any atom is -0.479 e. The summed E-state index contributed by atoms with van der Waals surface area (Å²) in [5, 5.41) is 12.1. The third kappa shape index (κ3) is 2.45. The third-order valence-corrected chi connectivity index (χ3v) is 4.08. The van der Waals surface area contributed by atoms with Crippen LogP contribution in [0.5, 0.6) is 0 Å². The Morgan fingerprint density at radius 1 is 1.45 bits per heavy atom. The number of carbonyl (C=O) groups excluding carboxylic acids is 1. The maximum atomic E-state index is 12.2. The highest BCUT2D eigenvalue weighted by atomic mass is 16.4. The molecule has 3 N–H and O–H groups in total. The normalized spacial score (nSPS) is 25.9. The zero-order valence-corrected chi connectivity index (χ0v) is 11.3. The largest absolute Gasteiger partial charge is 0.479 e. The van der Waals surface area contributed by atoms with Crippen molar-refractivity contribution in [1.82, 2.24) is 10.3 Å². The van der Waals surface area contributed by atoms with Gasteiger partial charge in [-0.05, 0) is 30.9 Å². The second-order valence-electron chi connectivity index (χ2n) is 5.29. The molecule has 1 aliphatic rings. The molecule has 0 spiro atoms. The van der Waals surface area contributed by atoms with Crippen molar-refractivity contribution in [3.05, 3.63) is 34.2 Å². The van der Waals surface area contributed by atoms with Crippen LogP contribution in [0, 0.1) is 5.92 Å². The number of rotatable bonds is 3. The van der Waals surface area contributed by atoms with Crippen LogP contribution in [0.15, 0.2) is 23.1 Å². The number of pyridine rings is 1. The monoisotopic (exact) mass is 278 g/mol. The molecule has 0 aromatic carbocycles. The maximum Gasteiger partial charge on any atom is 0.329 e. The number of carboxylic acid groups (broad SMARTS) is 1. The number of hydrogen-bond acceptors (Lipinski definition) is 3. The first kappa shape index (κ1) is 14.3. The molecule has 0 radical (unpaired) electrons. The standard InChI is InChI=1S/C14H18N2O4/c1-9-5-2-3-7-14(9,13(19)20)16-12(18)10-6-4-8-15-11(10)17/h4,6,8-9H,2-3,5,7H2,1H3,(H,15,17)(H,16,18)(H,19,20). The first-order chi connectivity index (χ1) is 9.47. The lowest BCUT2D eigenvalue weighted by molar-refractivity contribution is -0.148. The Kier molecular flexibility index (Phi) is 3.92. The summed E-state index contributed by atoms with van der Waals surface area (Å²) in [5.41, 5.74) is -1.86. The number of H-pyrrole nitrogens is 1. The molecule has 1 amide bonds. The van der Waals surface area contributed by atoms with Crippen LogP contribution in [0.4, 0.5) is 0 Å². The molecule has 20 heavy (non-hydrogen) atoms. The highest BCUT2D eigenvalue weighted by Gasteiger charge is 2.46. The van der Waals surface area contributed by atoms with Crippen molar-refractivity contribution in [2.24, 2.45) is 5.92 Å². The fourth-order valence-corrected chi connectivity index (χ4v) is 2.77. The lowest BCUT2D eigenvalue weighted by atomic mass is 9.73. The molecule has 6 heteroatoms. The third-order valence-electron chi connectivity index (χ3n) is 4.08. The molecule has 2 rings (SSSR count). The summed E-state index contributed by atoms with van der Waals surface area (Å²) in [5.74, 6) is -1.84. The average Bonchev–Trinajstić information content (AvgIpc) is 2.41. The predicted molar refractivity (Wildman–Crippen MR) is 72.5 cm³/mol. The molecule has 0 aliphatic heterocycles. The van der Waals surface area contributed by atoms with Crippen LogP contribution < -0.4 is 10.9 Å². The molecule has 1 aromatic rings. The first-order valence-corrected chi connectivity index (χ1v) is 6.71. The summed E-state index contributed by atoms with van der Waals surface area (Å²) in [7, 11) is 0. The molecule has 2 atom stereocenters. The van der Waals surface area contributed by atoms with Crippen molar-refractivity contribution in [3.63, 3.8) is 0 Å². The second kappa shape index (κ2) is 5.48. The number of hydrogen-bond donors (Lipinski definition) is 3. The van der Waals surface area contributed by atoms with Crippen molar-refractivity contribution in [2.45, 2.75) is 38.1 Å². The van der Waals surface area contributed by atoms with Crippen molar-refractivity contribution in [1.29, 1.82) is 0 Å². The highest BCUT2D eigenvalue weighted by molar-refractivity contribution is 5.97. The van der Waals surface area contributed by atoms with Gasteiger partial charge >= 0.3 is 5.97 Å². The van der Waals surface area contributed by atoms with E-state index in [9.17, 15) is 19.5 Å². The van der Waals surface area contributed by atoms with Crippen LogP contribution in [0.1, 0.15) is 43.0 Å². The number of amides is 1. The van der Waals surface area contributed by atoms with E-state index >= 15 is 0 Å². The van der Waals surface area contributed by atoms with Gasteiger partial charge in [-0.2, -0.15) is 0 Å². The van der Waals surface area contributed by atoms with Gasteiger partial charge in [-0.3, -0.25) is 9.59 Å². The molecular weight excluding hydrogens is 260 g/mol. The fraction of sp³-hybridized carbons (Fsp3) is 0.500. The first-order valence-electron chi connectivity index (χ1n) is 6.71. The smallest absolute Gasteiger partial charge is 0.329 e. The van der Waals surface area contributed by atoms with Crippen LogP contribution in [0.2, 0.25) is 0 Å². The number of carboxylic acids is 1. The number of carbonyl (C=O) groups is 2. The zero-order valence-electron chi connectivity index (χ0n) is 11.3. The quantitative estimate of drug-likeness (QED) is 0.772. The van der Waals surface area contributed by atoms with Crippen molar-refractivity contribution in [2.75, 3.05) is 0 Å². The molecule has 0 bridgehead atoms. The van der Waals surface area contributed by atoms with E-state index in [0.717, 1.165) is 19.3 Å². The minimum atomic E-state index is -1.28. The van der Waals surface area contributed by atoms with Gasteiger partial charge in [-0.1, -0.05) is 19.8 Å². The Morgan fingerprint density at radius 3 is 2.80 bits per heavy atom. The van der Waals surface area contributed by atoms with E-state index < -0.39 is 23.0 Å². The van der Waals surface area contributed by atoms with Crippen LogP contribution in [-0.2, 0) is 4.79 Å². The Bertz CT molecular complexity index is 581. The maximum absolute atomic E-state index is 12.2. The topological polar surface area (TPSA) is 99.3 Å². The molecule has 0 saturated heterocycles. The van der Waals surface area contributed by atoms with Gasteiger partial charge < -0.3 is 15.4 Å². The highest BCUT2D eigenvalue weighted by Crippen LogP contribution is 2.34. The van der Waals surface area contributed by atoms with Gasteiger partial charge in [0.1, 0.15) is 11.1 Å². The van der Waals surface area contributed by atoms with Crippen molar-refractivity contribution >= 4 is 11.9 Å². The van der Waals surface area contributed by atoms with Gasteiger partial charge in [-0.15, -0.1) is 0 Å². The van der Waals surface area contributed by atoms with Gasteiger partial charge in [0.15, 0.2) is 0 Å². The van der Waals surface area contributed by atoms with Gasteiger partial charge in [0, 0.05) is 6.20 Å². The molecular formula is C14H18N2O4. The number of aliphatic carboxylic acids is 1. The minimum absolute atomic E-state index is 0.0640. The fourth-order valence-electron chi connectivity index (χ4n) is 2.77. The summed E-state index contributed by atoms with van der Waals surface area (Å²) < 4.78 is 0. The lowest BCUT2D eigenvalue weighted by Crippen LogP contribution is -2.60. The molecule has 2 unspecified atom stereocenters. The Balaban J connectivity index is 2.30. The average molecular weight is 278 g/mol. The molecule has 1 aromatic heterocycles. The van der Waals surface area contributed by atoms with Gasteiger partial charge in [0.05, 0.1) is 0 Å². The zero-order chi connectivity index (χ0) is 14.8. The van der Waals surface area contributed by atoms with E-state index in [4.69, 9.17) is 0 Å². The summed E-state index contributed by atoms with van der Waals surface area (Å²) in [6.07, 6.45) is 4.27. The van der Waals surface area contributed by atoms with Gasteiger partial charge in [0.25, 0.3) is 11.5 Å². The summed E-state index contributed by atoms with van der Waals surface area (Å²) >= 11 is 0. The van der Waals surface area contributed by atoms with E-state index in [1.807, 2.05) is 6.92 Å². The number of aromatic amines is 1. The summed E-state index contributed by atoms with van der Waals surface area (Å²) in [4.78, 5) is 37.8. The summed E-state index contributed by atoms with van der Waals surface area (Å²) in [6, 6.07) is 2.92. The van der Waals surface area contributed by atoms with E-state index in [1.165, 1.54) is 18.3 Å². The molecule has 108 valence electrons. The summed E-state index contributed by atoms with van der Waals surface area (Å²) in [6.45, 7) is 1.82. The van der Waals surface area contributed by atoms with Gasteiger partial charge in [-0.25, -0.2) is 4.79 Å². The van der Waals surface area contributed by atoms with E-state index in [2.05, 4.69) is 10.3 Å².